The number of rotatable bonds is 7. The lowest BCUT2D eigenvalue weighted by Crippen LogP contribution is -2.29. The van der Waals surface area contributed by atoms with Gasteiger partial charge in [0.2, 0.25) is 10.0 Å². The summed E-state index contributed by atoms with van der Waals surface area (Å²) in [5, 5.41) is 2.92. The molecule has 7 heteroatoms. The minimum absolute atomic E-state index is 0.000564. The van der Waals surface area contributed by atoms with Crippen LogP contribution in [0.2, 0.25) is 0 Å². The molecule has 0 spiro atoms. The average Bonchev–Trinajstić information content (AvgIpc) is 2.29. The fraction of sp³-hybridized carbons (Fsp3) is 0.500. The normalized spacial score (nSPS) is 11.2. The number of anilines is 1. The largest absolute Gasteiger partial charge is 0.493 e. The Balaban J connectivity index is 2.51. The highest BCUT2D eigenvalue weighted by Gasteiger charge is 2.09. The Morgan fingerprint density at radius 1 is 1.47 bits per heavy atom. The molecule has 0 radical (unpaired) electrons. The topological polar surface area (TPSA) is 80.3 Å². The van der Waals surface area contributed by atoms with E-state index in [0.29, 0.717) is 18.1 Å². The second kappa shape index (κ2) is 6.41. The van der Waals surface area contributed by atoms with Crippen LogP contribution in [-0.4, -0.2) is 39.4 Å². The van der Waals surface area contributed by atoms with E-state index in [1.165, 1.54) is 7.11 Å². The van der Waals surface area contributed by atoms with Gasteiger partial charge in [0.15, 0.2) is 11.6 Å². The van der Waals surface area contributed by atoms with Gasteiger partial charge in [-0.3, -0.25) is 0 Å². The molecule has 6 nitrogen and oxygen atoms in total. The minimum Gasteiger partial charge on any atom is -0.493 e. The van der Waals surface area contributed by atoms with Gasteiger partial charge in [-0.25, -0.2) is 18.1 Å². The van der Waals surface area contributed by atoms with E-state index in [4.69, 9.17) is 4.74 Å². The standard InChI is InChI=1S/C10H17N3O3S/c1-3-13-17(14,15)8-7-12-10-9(16-2)5-4-6-11-10/h4-6,13H,3,7-8H2,1-2H3,(H,11,12). The Labute approximate surface area is 101 Å². The van der Waals surface area contributed by atoms with Crippen LogP contribution in [0.1, 0.15) is 6.92 Å². The first-order valence-corrected chi connectivity index (χ1v) is 6.94. The fourth-order valence-corrected chi connectivity index (χ4v) is 2.24. The number of nitrogens with zero attached hydrogens (tertiary/aromatic N) is 1. The van der Waals surface area contributed by atoms with Crippen LogP contribution < -0.4 is 14.8 Å². The molecule has 0 bridgehead atoms. The summed E-state index contributed by atoms with van der Waals surface area (Å²) in [4.78, 5) is 4.06. The van der Waals surface area contributed by atoms with E-state index in [-0.39, 0.29) is 12.3 Å². The first-order chi connectivity index (χ1) is 8.09. The molecule has 17 heavy (non-hydrogen) atoms. The molecule has 96 valence electrons. The minimum atomic E-state index is -3.20. The SMILES string of the molecule is CCNS(=O)(=O)CCNc1ncccc1OC. The third kappa shape index (κ3) is 4.58. The molecule has 0 unspecified atom stereocenters. The summed E-state index contributed by atoms with van der Waals surface area (Å²) in [5.41, 5.74) is 0. The van der Waals surface area contributed by atoms with Gasteiger partial charge in [0, 0.05) is 19.3 Å². The number of nitrogens with one attached hydrogen (secondary N) is 2. The van der Waals surface area contributed by atoms with Crippen molar-refractivity contribution in [2.75, 3.05) is 31.3 Å². The predicted octanol–water partition coefficient (Wildman–Crippen LogP) is 0.441. The van der Waals surface area contributed by atoms with E-state index >= 15 is 0 Å². The van der Waals surface area contributed by atoms with Gasteiger partial charge in [0.1, 0.15) is 0 Å². The Kier molecular flexibility index (Phi) is 5.17. The highest BCUT2D eigenvalue weighted by Crippen LogP contribution is 2.19. The second-order valence-electron chi connectivity index (χ2n) is 3.30. The van der Waals surface area contributed by atoms with Crippen LogP contribution >= 0.6 is 0 Å². The van der Waals surface area contributed by atoms with Crippen LogP contribution in [0.3, 0.4) is 0 Å². The quantitative estimate of drug-likeness (QED) is 0.742. The second-order valence-corrected chi connectivity index (χ2v) is 5.22. The molecule has 2 N–H and O–H groups in total. The maximum absolute atomic E-state index is 11.4. The lowest BCUT2D eigenvalue weighted by molar-refractivity contribution is 0.415. The van der Waals surface area contributed by atoms with Crippen molar-refractivity contribution in [2.24, 2.45) is 0 Å². The van der Waals surface area contributed by atoms with E-state index in [1.54, 1.807) is 25.3 Å². The molecule has 1 aromatic rings. The van der Waals surface area contributed by atoms with Gasteiger partial charge in [0.05, 0.1) is 12.9 Å². The van der Waals surface area contributed by atoms with Crippen molar-refractivity contribution in [1.82, 2.24) is 9.71 Å². The van der Waals surface area contributed by atoms with Crippen LogP contribution in [0, 0.1) is 0 Å². The van der Waals surface area contributed by atoms with Crippen LogP contribution in [0.4, 0.5) is 5.82 Å². The van der Waals surface area contributed by atoms with Gasteiger partial charge in [-0.1, -0.05) is 6.92 Å². The number of sulfonamides is 1. The van der Waals surface area contributed by atoms with Crippen molar-refractivity contribution in [1.29, 1.82) is 0 Å². The number of hydrogen-bond donors (Lipinski definition) is 2. The molecule has 1 aromatic heterocycles. The Bertz CT molecular complexity index is 448. The monoisotopic (exact) mass is 259 g/mol. The van der Waals surface area contributed by atoms with Crippen LogP contribution in [0.5, 0.6) is 5.75 Å². The van der Waals surface area contributed by atoms with Crippen molar-refractivity contribution in [2.45, 2.75) is 6.92 Å². The summed E-state index contributed by atoms with van der Waals surface area (Å²) in [6.07, 6.45) is 1.61. The maximum atomic E-state index is 11.4. The average molecular weight is 259 g/mol. The zero-order valence-corrected chi connectivity index (χ0v) is 10.8. The predicted molar refractivity (Wildman–Crippen MR) is 66.7 cm³/mol. The van der Waals surface area contributed by atoms with Crippen molar-refractivity contribution in [3.63, 3.8) is 0 Å². The van der Waals surface area contributed by atoms with E-state index in [2.05, 4.69) is 15.0 Å². The number of aromatic nitrogens is 1. The smallest absolute Gasteiger partial charge is 0.213 e. The number of methoxy groups -OCH3 is 1. The molecule has 1 rings (SSSR count). The zero-order valence-electron chi connectivity index (χ0n) is 9.93. The van der Waals surface area contributed by atoms with E-state index < -0.39 is 10.0 Å². The molecule has 0 aromatic carbocycles. The van der Waals surface area contributed by atoms with Crippen molar-refractivity contribution in [3.8, 4) is 5.75 Å². The number of ether oxygens (including phenoxy) is 1. The number of hydrogen-bond acceptors (Lipinski definition) is 5. The third-order valence-electron chi connectivity index (χ3n) is 2.02. The molecule has 0 saturated carbocycles. The molecule has 0 aliphatic carbocycles. The fourth-order valence-electron chi connectivity index (χ4n) is 1.28. The molecule has 0 saturated heterocycles. The molecular formula is C10H17N3O3S. The van der Waals surface area contributed by atoms with Gasteiger partial charge < -0.3 is 10.1 Å². The first-order valence-electron chi connectivity index (χ1n) is 5.29. The molecule has 0 aliphatic heterocycles. The molecule has 0 atom stereocenters. The summed E-state index contributed by atoms with van der Waals surface area (Å²) in [5.74, 6) is 1.13. The van der Waals surface area contributed by atoms with Gasteiger partial charge in [-0.2, -0.15) is 0 Å². The maximum Gasteiger partial charge on any atom is 0.213 e. The lowest BCUT2D eigenvalue weighted by Gasteiger charge is -2.09. The summed E-state index contributed by atoms with van der Waals surface area (Å²) in [7, 11) is -1.66. The zero-order chi connectivity index (χ0) is 12.7. The molecule has 0 aliphatic rings. The van der Waals surface area contributed by atoms with Crippen LogP contribution in [0.15, 0.2) is 18.3 Å². The summed E-state index contributed by atoms with van der Waals surface area (Å²) >= 11 is 0. The number of pyridine rings is 1. The molecule has 0 fully saturated rings. The first kappa shape index (κ1) is 13.7. The van der Waals surface area contributed by atoms with Crippen LogP contribution in [0.25, 0.3) is 0 Å². The van der Waals surface area contributed by atoms with Crippen molar-refractivity contribution < 1.29 is 13.2 Å². The Hall–Kier alpha value is -1.34. The summed E-state index contributed by atoms with van der Waals surface area (Å²) in [6, 6.07) is 3.51. The van der Waals surface area contributed by atoms with Gasteiger partial charge in [-0.05, 0) is 12.1 Å². The van der Waals surface area contributed by atoms with E-state index in [0.717, 1.165) is 0 Å². The third-order valence-corrected chi connectivity index (χ3v) is 3.49. The van der Waals surface area contributed by atoms with Crippen molar-refractivity contribution >= 4 is 15.8 Å². The van der Waals surface area contributed by atoms with Gasteiger partial charge in [0.25, 0.3) is 0 Å². The highest BCUT2D eigenvalue weighted by molar-refractivity contribution is 7.89. The lowest BCUT2D eigenvalue weighted by atomic mass is 10.4. The van der Waals surface area contributed by atoms with Crippen molar-refractivity contribution in [3.05, 3.63) is 18.3 Å². The van der Waals surface area contributed by atoms with E-state index in [9.17, 15) is 8.42 Å². The molecule has 1 heterocycles. The summed E-state index contributed by atoms with van der Waals surface area (Å²) < 4.78 is 30.2. The van der Waals surface area contributed by atoms with Crippen LogP contribution in [-0.2, 0) is 10.0 Å². The Morgan fingerprint density at radius 3 is 2.88 bits per heavy atom. The summed E-state index contributed by atoms with van der Waals surface area (Å²) in [6.45, 7) is 2.42. The highest BCUT2D eigenvalue weighted by atomic mass is 32.2. The van der Waals surface area contributed by atoms with Gasteiger partial charge in [-0.15, -0.1) is 0 Å². The molecular weight excluding hydrogens is 242 g/mol. The van der Waals surface area contributed by atoms with Gasteiger partial charge >= 0.3 is 0 Å². The Morgan fingerprint density at radius 2 is 2.24 bits per heavy atom. The molecule has 0 amide bonds. The van der Waals surface area contributed by atoms with E-state index in [1.807, 2.05) is 0 Å².